The molecule has 1 aliphatic heterocycles. The normalized spacial score (nSPS) is 29.2. The third-order valence-electron chi connectivity index (χ3n) is 5.48. The zero-order valence-corrected chi connectivity index (χ0v) is 15.4. The Balaban J connectivity index is 1.81. The summed E-state index contributed by atoms with van der Waals surface area (Å²) in [5.74, 6) is 0.815. The molecular weight excluding hydrogens is 320 g/mol. The van der Waals surface area contributed by atoms with Gasteiger partial charge in [-0.3, -0.25) is 0 Å². The van der Waals surface area contributed by atoms with Gasteiger partial charge in [0.25, 0.3) is 0 Å². The van der Waals surface area contributed by atoms with Gasteiger partial charge < -0.3 is 9.47 Å². The molecule has 1 heterocycles. The van der Waals surface area contributed by atoms with Gasteiger partial charge in [-0.15, -0.1) is 0 Å². The molecule has 0 radical (unpaired) electrons. The molecule has 2 atom stereocenters. The zero-order chi connectivity index (χ0) is 17.9. The number of carbonyl (C=O) groups excluding carboxylic acids is 1. The molecule has 1 saturated heterocycles. The Morgan fingerprint density at radius 1 is 1.24 bits per heavy atom. The van der Waals surface area contributed by atoms with E-state index in [1.165, 1.54) is 6.42 Å². The van der Waals surface area contributed by atoms with Crippen LogP contribution in [0.1, 0.15) is 57.9 Å². The minimum Gasteiger partial charge on any atom is -0.497 e. The Morgan fingerprint density at radius 2 is 1.96 bits per heavy atom. The van der Waals surface area contributed by atoms with E-state index >= 15 is 0 Å². The van der Waals surface area contributed by atoms with E-state index in [1.54, 1.807) is 14.0 Å². The number of rotatable bonds is 7. The molecule has 5 heteroatoms. The van der Waals surface area contributed by atoms with Gasteiger partial charge in [0.05, 0.1) is 13.7 Å². The molecule has 1 aromatic carbocycles. The maximum Gasteiger partial charge on any atom is 0.341 e. The fourth-order valence-corrected chi connectivity index (χ4v) is 3.64. The Hall–Kier alpha value is -1.59. The molecule has 0 aromatic heterocycles. The predicted octanol–water partition coefficient (Wildman–Crippen LogP) is 4.14. The van der Waals surface area contributed by atoms with Crippen molar-refractivity contribution < 1.29 is 24.0 Å². The molecule has 1 aromatic rings. The van der Waals surface area contributed by atoms with Gasteiger partial charge in [-0.2, -0.15) is 0 Å². The second kappa shape index (κ2) is 7.34. The summed E-state index contributed by atoms with van der Waals surface area (Å²) in [5, 5.41) is 0. The fraction of sp³-hybridized carbons (Fsp3) is 0.650. The quantitative estimate of drug-likeness (QED) is 0.421. The summed E-state index contributed by atoms with van der Waals surface area (Å²) < 4.78 is 10.7. The number of hydrogen-bond donors (Lipinski definition) is 0. The van der Waals surface area contributed by atoms with E-state index < -0.39 is 11.2 Å². The van der Waals surface area contributed by atoms with Gasteiger partial charge in [-0.25, -0.2) is 14.6 Å². The van der Waals surface area contributed by atoms with Crippen LogP contribution in [0.25, 0.3) is 0 Å². The summed E-state index contributed by atoms with van der Waals surface area (Å²) in [7, 11) is 1.65. The van der Waals surface area contributed by atoms with Crippen LogP contribution >= 0.6 is 0 Å². The topological polar surface area (TPSA) is 54.0 Å². The van der Waals surface area contributed by atoms with Crippen LogP contribution in [0.5, 0.6) is 5.75 Å². The molecule has 5 nitrogen and oxygen atoms in total. The standard InChI is InChI=1S/C20H28O5/c1-4-5-13-23-18(21)19(2)14-20(25-24-19,15-7-6-8-15)16-9-11-17(22-3)12-10-16/h9-12,15H,4-8,13-14H2,1-3H3. The lowest BCUT2D eigenvalue weighted by Crippen LogP contribution is -2.42. The van der Waals surface area contributed by atoms with Crippen molar-refractivity contribution in [3.8, 4) is 5.75 Å². The first kappa shape index (κ1) is 18.2. The van der Waals surface area contributed by atoms with Crippen molar-refractivity contribution in [3.05, 3.63) is 29.8 Å². The van der Waals surface area contributed by atoms with Gasteiger partial charge in [0.15, 0.2) is 0 Å². The number of ether oxygens (including phenoxy) is 2. The van der Waals surface area contributed by atoms with Crippen LogP contribution in [0.2, 0.25) is 0 Å². The lowest BCUT2D eigenvalue weighted by atomic mass is 9.66. The van der Waals surface area contributed by atoms with Crippen LogP contribution in [0, 0.1) is 5.92 Å². The van der Waals surface area contributed by atoms with Gasteiger partial charge in [-0.05, 0) is 49.8 Å². The molecule has 0 N–H and O–H groups in total. The van der Waals surface area contributed by atoms with Gasteiger partial charge in [0.2, 0.25) is 5.60 Å². The molecule has 2 aliphatic rings. The number of unbranched alkanes of at least 4 members (excludes halogenated alkanes) is 1. The predicted molar refractivity (Wildman–Crippen MR) is 93.1 cm³/mol. The molecular formula is C20H28O5. The molecule has 25 heavy (non-hydrogen) atoms. The highest BCUT2D eigenvalue weighted by molar-refractivity contribution is 5.79. The summed E-state index contributed by atoms with van der Waals surface area (Å²) in [6.07, 6.45) is 5.66. The molecule has 1 aliphatic carbocycles. The first-order valence-electron chi connectivity index (χ1n) is 9.22. The van der Waals surface area contributed by atoms with Crippen molar-refractivity contribution >= 4 is 5.97 Å². The van der Waals surface area contributed by atoms with Crippen molar-refractivity contribution in [3.63, 3.8) is 0 Å². The van der Waals surface area contributed by atoms with Crippen LogP contribution in [-0.4, -0.2) is 25.3 Å². The third-order valence-corrected chi connectivity index (χ3v) is 5.48. The van der Waals surface area contributed by atoms with Crippen LogP contribution in [-0.2, 0) is 24.9 Å². The minimum atomic E-state index is -1.07. The van der Waals surface area contributed by atoms with Crippen LogP contribution in [0.4, 0.5) is 0 Å². The van der Waals surface area contributed by atoms with E-state index in [9.17, 15) is 4.79 Å². The highest BCUT2D eigenvalue weighted by Gasteiger charge is 2.59. The van der Waals surface area contributed by atoms with Crippen LogP contribution in [0.3, 0.4) is 0 Å². The average Bonchev–Trinajstić information content (AvgIpc) is 2.93. The van der Waals surface area contributed by atoms with E-state index in [4.69, 9.17) is 19.2 Å². The van der Waals surface area contributed by atoms with E-state index in [-0.39, 0.29) is 5.97 Å². The first-order chi connectivity index (χ1) is 12.0. The molecule has 138 valence electrons. The van der Waals surface area contributed by atoms with E-state index in [0.717, 1.165) is 37.0 Å². The number of esters is 1. The van der Waals surface area contributed by atoms with Crippen molar-refractivity contribution in [1.82, 2.24) is 0 Å². The summed E-state index contributed by atoms with van der Waals surface area (Å²) in [5.41, 5.74) is -0.630. The van der Waals surface area contributed by atoms with Crippen molar-refractivity contribution in [2.45, 2.75) is 63.6 Å². The summed E-state index contributed by atoms with van der Waals surface area (Å²) >= 11 is 0. The van der Waals surface area contributed by atoms with Crippen LogP contribution < -0.4 is 4.74 Å². The maximum atomic E-state index is 12.5. The second-order valence-electron chi connectivity index (χ2n) is 7.31. The molecule has 2 fully saturated rings. The summed E-state index contributed by atoms with van der Waals surface area (Å²) in [6, 6.07) is 7.87. The van der Waals surface area contributed by atoms with Crippen molar-refractivity contribution in [2.75, 3.05) is 13.7 Å². The van der Waals surface area contributed by atoms with E-state index in [0.29, 0.717) is 18.9 Å². The van der Waals surface area contributed by atoms with Gasteiger partial charge in [0, 0.05) is 6.42 Å². The number of carbonyl (C=O) groups is 1. The smallest absolute Gasteiger partial charge is 0.341 e. The Kier molecular flexibility index (Phi) is 5.35. The molecule has 2 unspecified atom stereocenters. The molecule has 0 spiro atoms. The second-order valence-corrected chi connectivity index (χ2v) is 7.31. The summed E-state index contributed by atoms with van der Waals surface area (Å²) in [6.45, 7) is 4.26. The number of methoxy groups -OCH3 is 1. The molecule has 3 rings (SSSR count). The lowest BCUT2D eigenvalue weighted by Gasteiger charge is -2.40. The summed E-state index contributed by atoms with van der Waals surface area (Å²) in [4.78, 5) is 24.1. The number of benzene rings is 1. The van der Waals surface area contributed by atoms with Gasteiger partial charge in [-0.1, -0.05) is 31.9 Å². The Morgan fingerprint density at radius 3 is 2.52 bits per heavy atom. The van der Waals surface area contributed by atoms with Gasteiger partial charge >= 0.3 is 5.97 Å². The lowest BCUT2D eigenvalue weighted by molar-refractivity contribution is -0.360. The zero-order valence-electron chi connectivity index (χ0n) is 15.4. The maximum absolute atomic E-state index is 12.5. The Bertz CT molecular complexity index is 595. The van der Waals surface area contributed by atoms with Crippen molar-refractivity contribution in [2.24, 2.45) is 5.92 Å². The monoisotopic (exact) mass is 348 g/mol. The van der Waals surface area contributed by atoms with E-state index in [2.05, 4.69) is 6.92 Å². The minimum absolute atomic E-state index is 0.337. The fourth-order valence-electron chi connectivity index (χ4n) is 3.64. The van der Waals surface area contributed by atoms with E-state index in [1.807, 2.05) is 24.3 Å². The molecule has 1 saturated carbocycles. The first-order valence-corrected chi connectivity index (χ1v) is 9.22. The van der Waals surface area contributed by atoms with Gasteiger partial charge in [0.1, 0.15) is 11.4 Å². The SMILES string of the molecule is CCCCOC(=O)C1(C)CC(c2ccc(OC)cc2)(C2CCC2)OO1. The highest BCUT2D eigenvalue weighted by Crippen LogP contribution is 2.54. The third kappa shape index (κ3) is 3.40. The Labute approximate surface area is 149 Å². The highest BCUT2D eigenvalue weighted by atomic mass is 17.2. The molecule has 0 bridgehead atoms. The average molecular weight is 348 g/mol. The van der Waals surface area contributed by atoms with Crippen LogP contribution in [0.15, 0.2) is 24.3 Å². The molecule has 0 amide bonds. The largest absolute Gasteiger partial charge is 0.497 e. The van der Waals surface area contributed by atoms with Crippen molar-refractivity contribution in [1.29, 1.82) is 0 Å². The number of hydrogen-bond acceptors (Lipinski definition) is 5.